The summed E-state index contributed by atoms with van der Waals surface area (Å²) in [7, 11) is 1.63. The number of hydrogen-bond donors (Lipinski definition) is 2. The molecule has 0 spiro atoms. The zero-order chi connectivity index (χ0) is 16.8. The van der Waals surface area contributed by atoms with Gasteiger partial charge in [0.1, 0.15) is 5.82 Å². The summed E-state index contributed by atoms with van der Waals surface area (Å²) in [6.07, 6.45) is 4.29. The average Bonchev–Trinajstić information content (AvgIpc) is 3.13. The number of anilines is 1. The molecule has 1 saturated heterocycles. The zero-order valence-electron chi connectivity index (χ0n) is 14.1. The normalized spacial score (nSPS) is 14.5. The van der Waals surface area contributed by atoms with E-state index in [4.69, 9.17) is 0 Å². The number of hydrogen-bond acceptors (Lipinski definition) is 4. The van der Waals surface area contributed by atoms with Gasteiger partial charge >= 0.3 is 0 Å². The van der Waals surface area contributed by atoms with Gasteiger partial charge in [0.2, 0.25) is 0 Å². The number of carbonyl (C=O) groups is 1. The predicted octanol–water partition coefficient (Wildman–Crippen LogP) is 2.65. The van der Waals surface area contributed by atoms with Crippen molar-refractivity contribution >= 4 is 11.7 Å². The van der Waals surface area contributed by atoms with Crippen LogP contribution in [-0.2, 0) is 13.1 Å². The van der Waals surface area contributed by atoms with Gasteiger partial charge in [-0.2, -0.15) is 0 Å². The van der Waals surface area contributed by atoms with E-state index in [1.54, 1.807) is 25.4 Å². The molecule has 1 fully saturated rings. The van der Waals surface area contributed by atoms with Crippen molar-refractivity contribution in [3.8, 4) is 0 Å². The Morgan fingerprint density at radius 2 is 1.88 bits per heavy atom. The van der Waals surface area contributed by atoms with Gasteiger partial charge in [-0.05, 0) is 49.2 Å². The molecule has 1 aliphatic rings. The molecule has 0 aliphatic carbocycles. The van der Waals surface area contributed by atoms with E-state index in [2.05, 4.69) is 44.8 Å². The second-order valence-corrected chi connectivity index (χ2v) is 6.08. The van der Waals surface area contributed by atoms with E-state index in [1.165, 1.54) is 37.1 Å². The first-order chi connectivity index (χ1) is 11.8. The third kappa shape index (κ3) is 3.92. The largest absolute Gasteiger partial charge is 0.365 e. The summed E-state index contributed by atoms with van der Waals surface area (Å²) < 4.78 is 0. The van der Waals surface area contributed by atoms with Crippen molar-refractivity contribution in [2.75, 3.05) is 25.5 Å². The lowest BCUT2D eigenvalue weighted by Gasteiger charge is -2.18. The van der Waals surface area contributed by atoms with Crippen LogP contribution in [0.3, 0.4) is 0 Å². The topological polar surface area (TPSA) is 57.3 Å². The molecule has 2 heterocycles. The van der Waals surface area contributed by atoms with E-state index in [0.717, 1.165) is 6.54 Å². The van der Waals surface area contributed by atoms with E-state index in [-0.39, 0.29) is 5.91 Å². The Balaban J connectivity index is 1.72. The van der Waals surface area contributed by atoms with Crippen LogP contribution in [0, 0.1) is 0 Å². The van der Waals surface area contributed by atoms with Crippen LogP contribution in [0.4, 0.5) is 5.82 Å². The van der Waals surface area contributed by atoms with Crippen molar-refractivity contribution in [2.24, 2.45) is 0 Å². The molecule has 2 N–H and O–H groups in total. The van der Waals surface area contributed by atoms with E-state index in [0.29, 0.717) is 17.9 Å². The molecule has 0 atom stereocenters. The second kappa shape index (κ2) is 7.93. The van der Waals surface area contributed by atoms with Gasteiger partial charge in [-0.25, -0.2) is 4.98 Å². The van der Waals surface area contributed by atoms with Gasteiger partial charge in [-0.1, -0.05) is 24.3 Å². The molecule has 2 aromatic rings. The standard InChI is InChI=1S/C19H24N4O/c1-20-19(24)17-9-6-10-21-18(17)22-13-15-7-2-3-8-16(15)14-23-11-4-5-12-23/h2-3,6-10H,4-5,11-14H2,1H3,(H,20,24)(H,21,22). The predicted molar refractivity (Wildman–Crippen MR) is 95.9 cm³/mol. The number of aromatic nitrogens is 1. The highest BCUT2D eigenvalue weighted by atomic mass is 16.1. The first-order valence-electron chi connectivity index (χ1n) is 8.48. The molecule has 126 valence electrons. The molecular formula is C19H24N4O. The minimum atomic E-state index is -0.129. The molecule has 0 unspecified atom stereocenters. The van der Waals surface area contributed by atoms with Gasteiger partial charge in [0.25, 0.3) is 5.91 Å². The van der Waals surface area contributed by atoms with Crippen LogP contribution in [0.25, 0.3) is 0 Å². The van der Waals surface area contributed by atoms with Gasteiger partial charge in [-0.3, -0.25) is 9.69 Å². The van der Waals surface area contributed by atoms with Gasteiger partial charge in [0.15, 0.2) is 0 Å². The molecular weight excluding hydrogens is 300 g/mol. The van der Waals surface area contributed by atoms with E-state index < -0.39 is 0 Å². The maximum Gasteiger partial charge on any atom is 0.254 e. The zero-order valence-corrected chi connectivity index (χ0v) is 14.1. The first-order valence-corrected chi connectivity index (χ1v) is 8.48. The molecule has 5 heteroatoms. The molecule has 0 bridgehead atoms. The van der Waals surface area contributed by atoms with Crippen LogP contribution >= 0.6 is 0 Å². The summed E-state index contributed by atoms with van der Waals surface area (Å²) in [6.45, 7) is 4.01. The Hall–Kier alpha value is -2.40. The van der Waals surface area contributed by atoms with Gasteiger partial charge in [-0.15, -0.1) is 0 Å². The van der Waals surface area contributed by atoms with Crippen molar-refractivity contribution in [1.29, 1.82) is 0 Å². The average molecular weight is 324 g/mol. The van der Waals surface area contributed by atoms with E-state index >= 15 is 0 Å². The number of pyridine rings is 1. The fraction of sp³-hybridized carbons (Fsp3) is 0.368. The highest BCUT2D eigenvalue weighted by Gasteiger charge is 2.14. The lowest BCUT2D eigenvalue weighted by molar-refractivity contribution is 0.0963. The molecule has 1 aliphatic heterocycles. The smallest absolute Gasteiger partial charge is 0.254 e. The van der Waals surface area contributed by atoms with Gasteiger partial charge in [0, 0.05) is 26.3 Å². The van der Waals surface area contributed by atoms with Crippen molar-refractivity contribution < 1.29 is 4.79 Å². The molecule has 5 nitrogen and oxygen atoms in total. The molecule has 0 saturated carbocycles. The van der Waals surface area contributed by atoms with Crippen LogP contribution in [0.15, 0.2) is 42.6 Å². The molecule has 3 rings (SSSR count). The summed E-state index contributed by atoms with van der Waals surface area (Å²) in [4.78, 5) is 18.8. The van der Waals surface area contributed by atoms with Crippen LogP contribution < -0.4 is 10.6 Å². The minimum Gasteiger partial charge on any atom is -0.365 e. The summed E-state index contributed by atoms with van der Waals surface area (Å²) in [5.41, 5.74) is 3.15. The van der Waals surface area contributed by atoms with Crippen molar-refractivity contribution in [3.05, 3.63) is 59.3 Å². The van der Waals surface area contributed by atoms with Crippen molar-refractivity contribution in [3.63, 3.8) is 0 Å². The fourth-order valence-corrected chi connectivity index (χ4v) is 3.11. The molecule has 1 aromatic heterocycles. The minimum absolute atomic E-state index is 0.129. The Labute approximate surface area is 143 Å². The maximum atomic E-state index is 11.9. The fourth-order valence-electron chi connectivity index (χ4n) is 3.11. The number of carbonyl (C=O) groups excluding carboxylic acids is 1. The van der Waals surface area contributed by atoms with Crippen LogP contribution in [0.5, 0.6) is 0 Å². The summed E-state index contributed by atoms with van der Waals surface area (Å²) in [5, 5.41) is 5.97. The van der Waals surface area contributed by atoms with Crippen LogP contribution in [0.2, 0.25) is 0 Å². The highest BCUT2D eigenvalue weighted by molar-refractivity contribution is 5.98. The lowest BCUT2D eigenvalue weighted by atomic mass is 10.1. The van der Waals surface area contributed by atoms with E-state index in [9.17, 15) is 4.79 Å². The van der Waals surface area contributed by atoms with Crippen molar-refractivity contribution in [1.82, 2.24) is 15.2 Å². The van der Waals surface area contributed by atoms with Gasteiger partial charge in [0.05, 0.1) is 5.56 Å². The number of amides is 1. The van der Waals surface area contributed by atoms with Crippen LogP contribution in [-0.4, -0.2) is 35.9 Å². The summed E-state index contributed by atoms with van der Waals surface area (Å²) in [6, 6.07) is 12.0. The number of benzene rings is 1. The summed E-state index contributed by atoms with van der Waals surface area (Å²) in [5.74, 6) is 0.490. The summed E-state index contributed by atoms with van der Waals surface area (Å²) >= 11 is 0. The van der Waals surface area contributed by atoms with Crippen molar-refractivity contribution in [2.45, 2.75) is 25.9 Å². The Bertz CT molecular complexity index is 695. The number of nitrogens with zero attached hydrogens (tertiary/aromatic N) is 2. The first kappa shape index (κ1) is 16.5. The quantitative estimate of drug-likeness (QED) is 0.858. The number of rotatable bonds is 6. The number of likely N-dealkylation sites (tertiary alicyclic amines) is 1. The number of nitrogens with one attached hydrogen (secondary N) is 2. The highest BCUT2D eigenvalue weighted by Crippen LogP contribution is 2.18. The Morgan fingerprint density at radius 3 is 2.62 bits per heavy atom. The molecule has 0 radical (unpaired) electrons. The molecule has 1 aromatic carbocycles. The maximum absolute atomic E-state index is 11.9. The third-order valence-corrected chi connectivity index (χ3v) is 4.44. The molecule has 24 heavy (non-hydrogen) atoms. The Kier molecular flexibility index (Phi) is 5.43. The van der Waals surface area contributed by atoms with Gasteiger partial charge < -0.3 is 10.6 Å². The molecule has 1 amide bonds. The SMILES string of the molecule is CNC(=O)c1cccnc1NCc1ccccc1CN1CCCC1. The monoisotopic (exact) mass is 324 g/mol. The Morgan fingerprint density at radius 1 is 1.12 bits per heavy atom. The van der Waals surface area contributed by atoms with Crippen LogP contribution in [0.1, 0.15) is 34.3 Å². The third-order valence-electron chi connectivity index (χ3n) is 4.44. The lowest BCUT2D eigenvalue weighted by Crippen LogP contribution is -2.21. The van der Waals surface area contributed by atoms with E-state index in [1.807, 2.05) is 0 Å². The second-order valence-electron chi connectivity index (χ2n) is 6.08.